The van der Waals surface area contributed by atoms with E-state index in [1.807, 2.05) is 42.5 Å². The highest BCUT2D eigenvalue weighted by molar-refractivity contribution is 5.28. The lowest BCUT2D eigenvalue weighted by Gasteiger charge is -2.04. The van der Waals surface area contributed by atoms with Crippen LogP contribution in [0.3, 0.4) is 0 Å². The quantitative estimate of drug-likeness (QED) is 0.515. The van der Waals surface area contributed by atoms with Gasteiger partial charge in [-0.3, -0.25) is 0 Å². The molecule has 1 heteroatoms. The molecule has 1 nitrogen and oxygen atoms in total. The molecule has 15 heavy (non-hydrogen) atoms. The molecule has 0 radical (unpaired) electrons. The summed E-state index contributed by atoms with van der Waals surface area (Å²) in [7, 11) is 0. The van der Waals surface area contributed by atoms with Gasteiger partial charge in [-0.05, 0) is 24.3 Å². The first-order chi connectivity index (χ1) is 7.36. The second-order valence-corrected chi connectivity index (χ2v) is 2.81. The van der Waals surface area contributed by atoms with Crippen molar-refractivity contribution in [2.24, 2.45) is 0 Å². The predicted molar refractivity (Wildman–Crippen MR) is 64.7 cm³/mol. The monoisotopic (exact) mass is 198 g/mol. The third kappa shape index (κ3) is 4.14. The summed E-state index contributed by atoms with van der Waals surface area (Å²) in [5, 5.41) is 0. The van der Waals surface area contributed by atoms with Crippen LogP contribution in [0.25, 0.3) is 0 Å². The fourth-order valence-electron chi connectivity index (χ4n) is 1.03. The van der Waals surface area contributed by atoms with E-state index in [0.717, 1.165) is 11.5 Å². The summed E-state index contributed by atoms with van der Waals surface area (Å²) in [6.07, 6.45) is 8.84. The van der Waals surface area contributed by atoms with Gasteiger partial charge in [-0.2, -0.15) is 0 Å². The van der Waals surface area contributed by atoms with Gasteiger partial charge in [0.25, 0.3) is 0 Å². The molecule has 0 saturated carbocycles. The zero-order valence-electron chi connectivity index (χ0n) is 8.60. The van der Waals surface area contributed by atoms with Gasteiger partial charge in [0, 0.05) is 0 Å². The number of rotatable bonds is 5. The van der Waals surface area contributed by atoms with Gasteiger partial charge >= 0.3 is 0 Å². The van der Waals surface area contributed by atoms with Crippen molar-refractivity contribution in [2.75, 3.05) is 0 Å². The molecule has 0 N–H and O–H groups in total. The molecule has 0 unspecified atom stereocenters. The zero-order chi connectivity index (χ0) is 10.9. The largest absolute Gasteiger partial charge is 0.457 e. The standard InChI is InChI=1S/C14H14O/c1-3-5-10-13(9-4-2)15-14-11-7-6-8-12-14/h3-12H,1-2H2/b10-5-,13-9+. The van der Waals surface area contributed by atoms with Crippen molar-refractivity contribution in [3.63, 3.8) is 0 Å². The summed E-state index contributed by atoms with van der Waals surface area (Å²) in [4.78, 5) is 0. The summed E-state index contributed by atoms with van der Waals surface area (Å²) in [5.74, 6) is 1.54. The molecule has 0 aliphatic carbocycles. The molecule has 0 atom stereocenters. The van der Waals surface area contributed by atoms with Crippen LogP contribution in [0.15, 0.2) is 79.6 Å². The summed E-state index contributed by atoms with van der Waals surface area (Å²) < 4.78 is 5.61. The molecule has 0 spiro atoms. The summed E-state index contributed by atoms with van der Waals surface area (Å²) in [6, 6.07) is 9.61. The van der Waals surface area contributed by atoms with Crippen LogP contribution in [-0.2, 0) is 0 Å². The average molecular weight is 198 g/mol. The topological polar surface area (TPSA) is 9.23 Å². The summed E-state index contributed by atoms with van der Waals surface area (Å²) in [6.45, 7) is 7.24. The molecule has 1 aromatic rings. The highest BCUT2D eigenvalue weighted by Gasteiger charge is 1.93. The minimum atomic E-state index is 0.733. The number of ether oxygens (including phenoxy) is 1. The molecule has 0 bridgehead atoms. The van der Waals surface area contributed by atoms with Crippen LogP contribution in [0.5, 0.6) is 5.75 Å². The Morgan fingerprint density at radius 3 is 2.40 bits per heavy atom. The van der Waals surface area contributed by atoms with E-state index in [9.17, 15) is 0 Å². The predicted octanol–water partition coefficient (Wildman–Crippen LogP) is 3.88. The normalized spacial score (nSPS) is 11.3. The fourth-order valence-corrected chi connectivity index (χ4v) is 1.03. The van der Waals surface area contributed by atoms with E-state index in [-0.39, 0.29) is 0 Å². The summed E-state index contributed by atoms with van der Waals surface area (Å²) in [5.41, 5.74) is 0. The second kappa shape index (κ2) is 6.44. The molecule has 0 aliphatic heterocycles. The van der Waals surface area contributed by atoms with Crippen molar-refractivity contribution in [3.05, 3.63) is 79.6 Å². The number of allylic oxidation sites excluding steroid dienone is 5. The summed E-state index contributed by atoms with van der Waals surface area (Å²) >= 11 is 0. The van der Waals surface area contributed by atoms with Gasteiger partial charge in [-0.1, -0.05) is 49.6 Å². The second-order valence-electron chi connectivity index (χ2n) is 2.81. The molecular weight excluding hydrogens is 184 g/mol. The third-order valence-electron chi connectivity index (χ3n) is 1.66. The number of para-hydroxylation sites is 1. The van der Waals surface area contributed by atoms with E-state index in [0.29, 0.717) is 0 Å². The van der Waals surface area contributed by atoms with E-state index in [2.05, 4.69) is 13.2 Å². The Balaban J connectivity index is 2.76. The Kier molecular flexibility index (Phi) is 4.74. The first-order valence-corrected chi connectivity index (χ1v) is 4.71. The van der Waals surface area contributed by atoms with Crippen molar-refractivity contribution in [3.8, 4) is 5.75 Å². The van der Waals surface area contributed by atoms with Gasteiger partial charge in [0.2, 0.25) is 0 Å². The van der Waals surface area contributed by atoms with Crippen LogP contribution in [0, 0.1) is 0 Å². The van der Waals surface area contributed by atoms with Crippen LogP contribution < -0.4 is 4.74 Å². The van der Waals surface area contributed by atoms with E-state index in [1.165, 1.54) is 0 Å². The number of hydrogen-bond acceptors (Lipinski definition) is 1. The van der Waals surface area contributed by atoms with Crippen LogP contribution in [0.2, 0.25) is 0 Å². The molecule has 0 amide bonds. The molecule has 0 fully saturated rings. The highest BCUT2D eigenvalue weighted by atomic mass is 16.5. The van der Waals surface area contributed by atoms with Crippen molar-refractivity contribution in [1.82, 2.24) is 0 Å². The van der Waals surface area contributed by atoms with Gasteiger partial charge in [-0.25, -0.2) is 0 Å². The third-order valence-corrected chi connectivity index (χ3v) is 1.66. The Hall–Kier alpha value is -2.02. The highest BCUT2D eigenvalue weighted by Crippen LogP contribution is 2.13. The van der Waals surface area contributed by atoms with Gasteiger partial charge in [0.05, 0.1) is 0 Å². The Morgan fingerprint density at radius 1 is 1.07 bits per heavy atom. The van der Waals surface area contributed by atoms with E-state index >= 15 is 0 Å². The molecule has 0 aromatic heterocycles. The van der Waals surface area contributed by atoms with E-state index in [4.69, 9.17) is 4.74 Å². The van der Waals surface area contributed by atoms with Gasteiger partial charge in [0.1, 0.15) is 11.5 Å². The first-order valence-electron chi connectivity index (χ1n) is 4.71. The number of benzene rings is 1. The lowest BCUT2D eigenvalue weighted by Crippen LogP contribution is -1.91. The van der Waals surface area contributed by atoms with E-state index < -0.39 is 0 Å². The van der Waals surface area contributed by atoms with Gasteiger partial charge in [-0.15, -0.1) is 0 Å². The fraction of sp³-hybridized carbons (Fsp3) is 0. The smallest absolute Gasteiger partial charge is 0.127 e. The van der Waals surface area contributed by atoms with Crippen molar-refractivity contribution in [1.29, 1.82) is 0 Å². The zero-order valence-corrected chi connectivity index (χ0v) is 8.60. The maximum atomic E-state index is 5.61. The lowest BCUT2D eigenvalue weighted by molar-refractivity contribution is 0.444. The minimum absolute atomic E-state index is 0.733. The van der Waals surface area contributed by atoms with Crippen molar-refractivity contribution >= 4 is 0 Å². The Morgan fingerprint density at radius 2 is 1.80 bits per heavy atom. The molecule has 1 rings (SSSR count). The van der Waals surface area contributed by atoms with Crippen LogP contribution in [0.4, 0.5) is 0 Å². The van der Waals surface area contributed by atoms with E-state index in [1.54, 1.807) is 18.2 Å². The number of hydrogen-bond donors (Lipinski definition) is 0. The molecule has 76 valence electrons. The first kappa shape index (κ1) is 11.1. The van der Waals surface area contributed by atoms with Crippen LogP contribution >= 0.6 is 0 Å². The minimum Gasteiger partial charge on any atom is -0.457 e. The molecular formula is C14H14O. The Labute approximate surface area is 90.7 Å². The lowest BCUT2D eigenvalue weighted by atomic mass is 10.3. The van der Waals surface area contributed by atoms with Crippen LogP contribution in [0.1, 0.15) is 0 Å². The van der Waals surface area contributed by atoms with Gasteiger partial charge in [0.15, 0.2) is 0 Å². The van der Waals surface area contributed by atoms with Crippen LogP contribution in [-0.4, -0.2) is 0 Å². The molecule has 1 aromatic carbocycles. The van der Waals surface area contributed by atoms with Gasteiger partial charge < -0.3 is 4.74 Å². The molecule has 0 saturated heterocycles. The Bertz CT molecular complexity index is 372. The average Bonchev–Trinajstić information content (AvgIpc) is 2.28. The molecule has 0 aliphatic rings. The molecule has 0 heterocycles. The SMILES string of the molecule is C=C/C=C\C(=C/C=C)Oc1ccccc1. The maximum Gasteiger partial charge on any atom is 0.127 e. The van der Waals surface area contributed by atoms with Crippen molar-refractivity contribution < 1.29 is 4.74 Å². The maximum absolute atomic E-state index is 5.61. The van der Waals surface area contributed by atoms with Crippen molar-refractivity contribution in [2.45, 2.75) is 0 Å².